The highest BCUT2D eigenvalue weighted by atomic mass is 35.5. The van der Waals surface area contributed by atoms with E-state index in [0.717, 1.165) is 28.3 Å². The molecule has 0 bridgehead atoms. The van der Waals surface area contributed by atoms with Crippen LogP contribution < -0.4 is 10.1 Å². The number of nitrogens with zero attached hydrogens (tertiary/aromatic N) is 1. The largest absolute Gasteiger partial charge is 0.493 e. The van der Waals surface area contributed by atoms with Crippen LogP contribution in [0.15, 0.2) is 12.1 Å². The molecule has 1 N–H and O–H groups in total. The van der Waals surface area contributed by atoms with Crippen LogP contribution in [0, 0.1) is 0 Å². The molecule has 1 amide bonds. The summed E-state index contributed by atoms with van der Waals surface area (Å²) in [5.74, 6) is 0.971. The molecule has 2 rings (SSSR count). The predicted octanol–water partition coefficient (Wildman–Crippen LogP) is 1.45. The molecule has 0 fully saturated rings. The van der Waals surface area contributed by atoms with E-state index in [9.17, 15) is 4.79 Å². The van der Waals surface area contributed by atoms with Crippen LogP contribution in [0.5, 0.6) is 5.75 Å². The van der Waals surface area contributed by atoms with Crippen molar-refractivity contribution in [2.24, 2.45) is 0 Å². The van der Waals surface area contributed by atoms with Crippen molar-refractivity contribution in [3.05, 3.63) is 28.3 Å². The molecule has 0 saturated heterocycles. The van der Waals surface area contributed by atoms with Crippen molar-refractivity contribution < 1.29 is 9.53 Å². The average molecular weight is 269 g/mol. The lowest BCUT2D eigenvalue weighted by molar-refractivity contribution is -0.127. The number of benzene rings is 1. The third-order valence-corrected chi connectivity index (χ3v) is 3.13. The van der Waals surface area contributed by atoms with Crippen LogP contribution in [0.25, 0.3) is 0 Å². The van der Waals surface area contributed by atoms with Gasteiger partial charge in [-0.15, -0.1) is 0 Å². The van der Waals surface area contributed by atoms with Crippen LogP contribution in [-0.2, 0) is 17.8 Å². The molecule has 5 heteroatoms. The topological polar surface area (TPSA) is 41.6 Å². The van der Waals surface area contributed by atoms with E-state index in [1.54, 1.807) is 19.0 Å². The fourth-order valence-electron chi connectivity index (χ4n) is 1.94. The Bertz CT molecular complexity index is 461. The normalized spacial score (nSPS) is 13.1. The Hall–Kier alpha value is -1.26. The molecule has 0 spiro atoms. The molecule has 98 valence electrons. The van der Waals surface area contributed by atoms with Crippen LogP contribution in [0.1, 0.15) is 11.1 Å². The number of rotatable bonds is 4. The maximum Gasteiger partial charge on any atom is 0.236 e. The van der Waals surface area contributed by atoms with Gasteiger partial charge in [-0.3, -0.25) is 4.79 Å². The molecule has 0 unspecified atom stereocenters. The van der Waals surface area contributed by atoms with E-state index in [1.165, 1.54) is 0 Å². The summed E-state index contributed by atoms with van der Waals surface area (Å²) in [4.78, 5) is 13.0. The maximum absolute atomic E-state index is 11.4. The molecule has 4 nitrogen and oxygen atoms in total. The average Bonchev–Trinajstić information content (AvgIpc) is 2.76. The zero-order valence-electron chi connectivity index (χ0n) is 10.6. The van der Waals surface area contributed by atoms with Crippen LogP contribution in [-0.4, -0.2) is 38.1 Å². The number of carbonyl (C=O) groups excluding carboxylic acids is 1. The first-order chi connectivity index (χ1) is 8.58. The van der Waals surface area contributed by atoms with Gasteiger partial charge < -0.3 is 15.0 Å². The van der Waals surface area contributed by atoms with Gasteiger partial charge in [0, 0.05) is 37.6 Å². The number of hydrogen-bond donors (Lipinski definition) is 1. The van der Waals surface area contributed by atoms with Crippen molar-refractivity contribution in [2.75, 3.05) is 27.2 Å². The Morgan fingerprint density at radius 1 is 1.50 bits per heavy atom. The van der Waals surface area contributed by atoms with E-state index in [4.69, 9.17) is 16.3 Å². The lowest BCUT2D eigenvalue weighted by Gasteiger charge is -2.12. The van der Waals surface area contributed by atoms with Crippen LogP contribution >= 0.6 is 11.6 Å². The molecule has 1 heterocycles. The molecular weight excluding hydrogens is 252 g/mol. The highest BCUT2D eigenvalue weighted by Crippen LogP contribution is 2.32. The fraction of sp³-hybridized carbons (Fsp3) is 0.462. The highest BCUT2D eigenvalue weighted by molar-refractivity contribution is 6.30. The summed E-state index contributed by atoms with van der Waals surface area (Å²) in [6.07, 6.45) is 0.902. The molecule has 0 atom stereocenters. The molecule has 0 saturated carbocycles. The van der Waals surface area contributed by atoms with Crippen molar-refractivity contribution in [1.82, 2.24) is 10.2 Å². The SMILES string of the molecule is CN(C)C(=O)CNCc1cc(Cl)cc2c1OCC2. The number of likely N-dealkylation sites (N-methyl/N-ethyl adjacent to an activating group) is 1. The van der Waals surface area contributed by atoms with E-state index >= 15 is 0 Å². The standard InChI is InChI=1S/C13H17ClN2O2/c1-16(2)12(17)8-15-7-10-6-11(14)5-9-3-4-18-13(9)10/h5-6,15H,3-4,7-8H2,1-2H3. The quantitative estimate of drug-likeness (QED) is 0.899. The fourth-order valence-corrected chi connectivity index (χ4v) is 2.20. The van der Waals surface area contributed by atoms with Gasteiger partial charge in [0.25, 0.3) is 0 Å². The van der Waals surface area contributed by atoms with Gasteiger partial charge in [0.2, 0.25) is 5.91 Å². The number of halogens is 1. The number of carbonyl (C=O) groups is 1. The Balaban J connectivity index is 2.00. The molecule has 0 aromatic heterocycles. The van der Waals surface area contributed by atoms with Crippen LogP contribution in [0.2, 0.25) is 5.02 Å². The van der Waals surface area contributed by atoms with Gasteiger partial charge in [-0.1, -0.05) is 11.6 Å². The van der Waals surface area contributed by atoms with Crippen LogP contribution in [0.3, 0.4) is 0 Å². The predicted molar refractivity (Wildman–Crippen MR) is 71.1 cm³/mol. The molecule has 18 heavy (non-hydrogen) atoms. The van der Waals surface area contributed by atoms with Crippen molar-refractivity contribution in [3.8, 4) is 5.75 Å². The summed E-state index contributed by atoms with van der Waals surface area (Å²) >= 11 is 6.06. The summed E-state index contributed by atoms with van der Waals surface area (Å²) in [6.45, 7) is 1.61. The number of nitrogens with one attached hydrogen (secondary N) is 1. The molecular formula is C13H17ClN2O2. The summed E-state index contributed by atoms with van der Waals surface area (Å²) in [5.41, 5.74) is 2.17. The molecule has 1 aromatic rings. The smallest absolute Gasteiger partial charge is 0.236 e. The maximum atomic E-state index is 11.4. The minimum Gasteiger partial charge on any atom is -0.493 e. The minimum absolute atomic E-state index is 0.0505. The zero-order valence-corrected chi connectivity index (χ0v) is 11.4. The van der Waals surface area contributed by atoms with E-state index in [0.29, 0.717) is 19.7 Å². The van der Waals surface area contributed by atoms with Gasteiger partial charge in [0.05, 0.1) is 13.2 Å². The number of fused-ring (bicyclic) bond motifs is 1. The van der Waals surface area contributed by atoms with Gasteiger partial charge >= 0.3 is 0 Å². The molecule has 1 aromatic carbocycles. The van der Waals surface area contributed by atoms with E-state index < -0.39 is 0 Å². The third-order valence-electron chi connectivity index (χ3n) is 2.92. The summed E-state index contributed by atoms with van der Waals surface area (Å²) < 4.78 is 5.60. The van der Waals surface area contributed by atoms with Crippen molar-refractivity contribution in [1.29, 1.82) is 0 Å². The zero-order chi connectivity index (χ0) is 13.1. The third kappa shape index (κ3) is 2.94. The molecule has 0 radical (unpaired) electrons. The van der Waals surface area contributed by atoms with Gasteiger partial charge in [-0.25, -0.2) is 0 Å². The number of hydrogen-bond acceptors (Lipinski definition) is 3. The van der Waals surface area contributed by atoms with E-state index in [1.807, 2.05) is 12.1 Å². The first kappa shape index (κ1) is 13.2. The lowest BCUT2D eigenvalue weighted by atomic mass is 10.1. The Morgan fingerprint density at radius 3 is 3.00 bits per heavy atom. The number of ether oxygens (including phenoxy) is 1. The van der Waals surface area contributed by atoms with Gasteiger partial charge in [0.15, 0.2) is 0 Å². The van der Waals surface area contributed by atoms with Crippen molar-refractivity contribution >= 4 is 17.5 Å². The van der Waals surface area contributed by atoms with Crippen molar-refractivity contribution in [3.63, 3.8) is 0 Å². The molecule has 1 aliphatic heterocycles. The lowest BCUT2D eigenvalue weighted by Crippen LogP contribution is -2.32. The molecule has 0 aliphatic carbocycles. The van der Waals surface area contributed by atoms with Gasteiger partial charge in [0.1, 0.15) is 5.75 Å². The van der Waals surface area contributed by atoms with Crippen LogP contribution in [0.4, 0.5) is 0 Å². The van der Waals surface area contributed by atoms with Gasteiger partial charge in [-0.2, -0.15) is 0 Å². The van der Waals surface area contributed by atoms with E-state index in [-0.39, 0.29) is 5.91 Å². The summed E-state index contributed by atoms with van der Waals surface area (Å²) in [5, 5.41) is 3.83. The second-order valence-corrected chi connectivity index (χ2v) is 4.98. The minimum atomic E-state index is 0.0505. The summed E-state index contributed by atoms with van der Waals surface area (Å²) in [7, 11) is 3.48. The first-order valence-corrected chi connectivity index (χ1v) is 6.30. The Morgan fingerprint density at radius 2 is 2.28 bits per heavy atom. The second-order valence-electron chi connectivity index (χ2n) is 4.54. The second kappa shape index (κ2) is 5.59. The van der Waals surface area contributed by atoms with Gasteiger partial charge in [-0.05, 0) is 17.7 Å². The Kier molecular flexibility index (Phi) is 4.09. The highest BCUT2D eigenvalue weighted by Gasteiger charge is 2.17. The number of amides is 1. The monoisotopic (exact) mass is 268 g/mol. The summed E-state index contributed by atoms with van der Waals surface area (Å²) in [6, 6.07) is 3.83. The van der Waals surface area contributed by atoms with E-state index in [2.05, 4.69) is 5.32 Å². The first-order valence-electron chi connectivity index (χ1n) is 5.93. The Labute approximate surface area is 112 Å². The molecule has 1 aliphatic rings. The van der Waals surface area contributed by atoms with Crippen molar-refractivity contribution in [2.45, 2.75) is 13.0 Å².